The van der Waals surface area contributed by atoms with Crippen molar-refractivity contribution in [1.82, 2.24) is 15.0 Å². The van der Waals surface area contributed by atoms with Crippen LogP contribution in [0.15, 0.2) is 72.9 Å². The number of rotatable bonds is 6. The second kappa shape index (κ2) is 10.5. The van der Waals surface area contributed by atoms with Crippen LogP contribution in [0.2, 0.25) is 0 Å². The summed E-state index contributed by atoms with van der Waals surface area (Å²) >= 11 is 1.25. The highest BCUT2D eigenvalue weighted by Crippen LogP contribution is 2.35. The lowest BCUT2D eigenvalue weighted by Gasteiger charge is -2.12. The molecule has 0 unspecified atom stereocenters. The lowest BCUT2D eigenvalue weighted by Crippen LogP contribution is -2.13. The molecule has 2 aromatic carbocycles. The fourth-order valence-corrected chi connectivity index (χ4v) is 4.73. The summed E-state index contributed by atoms with van der Waals surface area (Å²) in [7, 11) is 1.55. The van der Waals surface area contributed by atoms with E-state index in [0.29, 0.717) is 38.0 Å². The second-order valence-corrected chi connectivity index (χ2v) is 9.13. The summed E-state index contributed by atoms with van der Waals surface area (Å²) < 4.78 is 5.47. The molecule has 0 fully saturated rings. The third kappa shape index (κ3) is 5.04. The van der Waals surface area contributed by atoms with E-state index in [4.69, 9.17) is 16.3 Å². The Kier molecular flexibility index (Phi) is 6.76. The number of thiazole rings is 1. The largest absolute Gasteiger partial charge is 0.496 e. The van der Waals surface area contributed by atoms with Crippen LogP contribution in [0.3, 0.4) is 0 Å². The van der Waals surface area contributed by atoms with E-state index in [0.717, 1.165) is 11.3 Å². The van der Waals surface area contributed by atoms with E-state index in [1.807, 2.05) is 54.6 Å². The Labute approximate surface area is 222 Å². The number of fused-ring (bicyclic) bond motifs is 1. The number of aromatic nitrogens is 3. The fourth-order valence-electron chi connectivity index (χ4n) is 3.90. The number of methoxy groups -OCH3 is 1. The number of para-hydroxylation sites is 1. The summed E-state index contributed by atoms with van der Waals surface area (Å²) in [4.78, 5) is 42.0. The van der Waals surface area contributed by atoms with Crippen LogP contribution < -0.4 is 15.4 Å². The molecular weight excluding hydrogens is 500 g/mol. The summed E-state index contributed by atoms with van der Waals surface area (Å²) in [6.45, 7) is 8.80. The molecule has 0 aliphatic rings. The van der Waals surface area contributed by atoms with Crippen LogP contribution in [0.25, 0.3) is 37.6 Å². The highest BCUT2D eigenvalue weighted by Gasteiger charge is 2.20. The molecule has 2 N–H and O–H groups in total. The number of ether oxygens (including phenoxy) is 1. The first-order valence-electron chi connectivity index (χ1n) is 11.4. The minimum Gasteiger partial charge on any atom is -0.496 e. The van der Waals surface area contributed by atoms with Crippen molar-refractivity contribution >= 4 is 50.1 Å². The topological polar surface area (TPSA) is 110 Å². The van der Waals surface area contributed by atoms with Crippen LogP contribution in [-0.4, -0.2) is 33.9 Å². The van der Waals surface area contributed by atoms with E-state index in [1.165, 1.54) is 24.5 Å². The molecule has 0 spiro atoms. The Morgan fingerprint density at radius 2 is 1.76 bits per heavy atom. The first kappa shape index (κ1) is 24.5. The molecule has 9 nitrogen and oxygen atoms in total. The monoisotopic (exact) mass is 520 g/mol. The molecule has 3 aromatic heterocycles. The molecule has 0 aliphatic heterocycles. The van der Waals surface area contributed by atoms with E-state index in [2.05, 4.69) is 25.4 Å². The lowest BCUT2D eigenvalue weighted by atomic mass is 10.00. The quantitative estimate of drug-likeness (QED) is 0.258. The van der Waals surface area contributed by atoms with Gasteiger partial charge in [0.25, 0.3) is 11.7 Å². The maximum absolute atomic E-state index is 13.3. The normalized spacial score (nSPS) is 10.6. The number of nitrogens with zero attached hydrogens (tertiary/aromatic N) is 4. The van der Waals surface area contributed by atoms with Crippen LogP contribution >= 0.6 is 11.3 Å². The Bertz CT molecular complexity index is 1720. The minimum atomic E-state index is -0.414. The molecule has 186 valence electrons. The maximum Gasteiger partial charge on any atom is 0.270 e. The molecule has 0 bridgehead atoms. The van der Waals surface area contributed by atoms with Gasteiger partial charge in [0, 0.05) is 23.7 Å². The molecule has 0 atom stereocenters. The predicted octanol–water partition coefficient (Wildman–Crippen LogP) is 6.19. The van der Waals surface area contributed by atoms with Crippen molar-refractivity contribution in [3.63, 3.8) is 0 Å². The van der Waals surface area contributed by atoms with Crippen LogP contribution in [0.4, 0.5) is 16.6 Å². The van der Waals surface area contributed by atoms with Crippen LogP contribution in [0, 0.1) is 6.57 Å². The van der Waals surface area contributed by atoms with E-state index in [-0.39, 0.29) is 17.3 Å². The zero-order valence-corrected chi connectivity index (χ0v) is 21.2. The number of pyridine rings is 2. The van der Waals surface area contributed by atoms with Gasteiger partial charge < -0.3 is 14.9 Å². The van der Waals surface area contributed by atoms with Crippen molar-refractivity contribution in [1.29, 1.82) is 0 Å². The first-order chi connectivity index (χ1) is 18.4. The number of benzene rings is 2. The average Bonchev–Trinajstić information content (AvgIpc) is 3.34. The number of hydrogen-bond acceptors (Lipinski definition) is 7. The third-order valence-corrected chi connectivity index (χ3v) is 6.50. The van der Waals surface area contributed by atoms with Crippen LogP contribution in [0.5, 0.6) is 5.75 Å². The highest BCUT2D eigenvalue weighted by atomic mass is 32.1. The molecule has 0 saturated carbocycles. The SMILES string of the molecule is [C-]#[N+]c1cc(-c2ccccc2OC)c(C(=O)Nc2nc3ccc(-c4ccc(NC(C)=O)cc4)nc3s2)cn1. The first-order valence-corrected chi connectivity index (χ1v) is 12.2. The molecule has 0 radical (unpaired) electrons. The zero-order chi connectivity index (χ0) is 26.6. The number of carbonyl (C=O) groups is 2. The van der Waals surface area contributed by atoms with Gasteiger partial charge in [-0.05, 0) is 42.0 Å². The van der Waals surface area contributed by atoms with Crippen molar-refractivity contribution in [2.24, 2.45) is 0 Å². The van der Waals surface area contributed by atoms with Gasteiger partial charge in [0.15, 0.2) is 5.13 Å². The number of nitrogens with one attached hydrogen (secondary N) is 2. The molecule has 0 aliphatic carbocycles. The van der Waals surface area contributed by atoms with E-state index < -0.39 is 5.91 Å². The van der Waals surface area contributed by atoms with Crippen molar-refractivity contribution in [2.75, 3.05) is 17.7 Å². The lowest BCUT2D eigenvalue weighted by molar-refractivity contribution is -0.114. The Morgan fingerprint density at radius 3 is 2.50 bits per heavy atom. The van der Waals surface area contributed by atoms with Gasteiger partial charge in [0.1, 0.15) is 22.3 Å². The van der Waals surface area contributed by atoms with Gasteiger partial charge in [-0.1, -0.05) is 48.2 Å². The molecule has 5 rings (SSSR count). The number of hydrogen-bond donors (Lipinski definition) is 2. The van der Waals surface area contributed by atoms with Crippen molar-refractivity contribution in [2.45, 2.75) is 6.92 Å². The predicted molar refractivity (Wildman–Crippen MR) is 148 cm³/mol. The maximum atomic E-state index is 13.3. The Hall–Kier alpha value is -5.14. The third-order valence-electron chi connectivity index (χ3n) is 5.62. The number of amides is 2. The highest BCUT2D eigenvalue weighted by molar-refractivity contribution is 7.22. The summed E-state index contributed by atoms with van der Waals surface area (Å²) in [5.41, 5.74) is 4.47. The average molecular weight is 521 g/mol. The molecule has 0 saturated heterocycles. The van der Waals surface area contributed by atoms with E-state index in [1.54, 1.807) is 19.2 Å². The second-order valence-electron chi connectivity index (χ2n) is 8.15. The zero-order valence-electron chi connectivity index (χ0n) is 20.4. The molecular formula is C28H20N6O3S. The summed E-state index contributed by atoms with van der Waals surface area (Å²) in [5.74, 6) is 0.197. The van der Waals surface area contributed by atoms with Gasteiger partial charge >= 0.3 is 0 Å². The van der Waals surface area contributed by atoms with Crippen molar-refractivity contribution in [3.8, 4) is 28.1 Å². The van der Waals surface area contributed by atoms with Gasteiger partial charge in [-0.3, -0.25) is 14.9 Å². The van der Waals surface area contributed by atoms with E-state index in [9.17, 15) is 9.59 Å². The standard InChI is InChI=1S/C28H20N6O3S/c1-16(35)31-18-10-8-17(9-11-18)22-12-13-23-27(32-22)38-28(33-23)34-26(36)21-15-30-25(29-2)14-20(21)19-6-4-5-7-24(19)37-3/h4-15H,1,3H3,(H,31,35)(H,33,34,36). The smallest absolute Gasteiger partial charge is 0.270 e. The van der Waals surface area contributed by atoms with Crippen LogP contribution in [0.1, 0.15) is 17.3 Å². The van der Waals surface area contributed by atoms with Gasteiger partial charge in [-0.25, -0.2) is 9.97 Å². The van der Waals surface area contributed by atoms with Gasteiger partial charge in [-0.15, -0.1) is 4.98 Å². The number of carbonyl (C=O) groups excluding carboxylic acids is 2. The molecule has 38 heavy (non-hydrogen) atoms. The summed E-state index contributed by atoms with van der Waals surface area (Å²) in [6.07, 6.45) is 1.39. The van der Waals surface area contributed by atoms with Gasteiger partial charge in [-0.2, -0.15) is 0 Å². The molecule has 2 amide bonds. The Morgan fingerprint density at radius 1 is 0.974 bits per heavy atom. The van der Waals surface area contributed by atoms with E-state index >= 15 is 0 Å². The summed E-state index contributed by atoms with van der Waals surface area (Å²) in [5, 5.41) is 5.97. The summed E-state index contributed by atoms with van der Waals surface area (Å²) in [6, 6.07) is 19.9. The fraction of sp³-hybridized carbons (Fsp3) is 0.0714. The van der Waals surface area contributed by atoms with Gasteiger partial charge in [0.2, 0.25) is 5.91 Å². The minimum absolute atomic E-state index is 0.135. The van der Waals surface area contributed by atoms with Crippen molar-refractivity contribution in [3.05, 3.63) is 89.9 Å². The number of anilines is 2. The Balaban J connectivity index is 1.43. The van der Waals surface area contributed by atoms with Crippen molar-refractivity contribution < 1.29 is 14.3 Å². The molecule has 3 heterocycles. The van der Waals surface area contributed by atoms with Gasteiger partial charge in [0.05, 0.1) is 18.4 Å². The molecule has 5 aromatic rings. The van der Waals surface area contributed by atoms with Crippen LogP contribution in [-0.2, 0) is 4.79 Å². The molecule has 10 heteroatoms.